The molecule has 4 N–H and O–H groups in total. The minimum absolute atomic E-state index is 0.0871. The second-order valence-corrected chi connectivity index (χ2v) is 8.88. The first kappa shape index (κ1) is 27.0. The molecule has 4 rings (SSSR count). The van der Waals surface area contributed by atoms with Crippen molar-refractivity contribution in [2.45, 2.75) is 19.0 Å². The van der Waals surface area contributed by atoms with Crippen LogP contribution in [0.4, 0.5) is 0 Å². The molecule has 0 spiro atoms. The van der Waals surface area contributed by atoms with Crippen molar-refractivity contribution < 1.29 is 19.6 Å². The van der Waals surface area contributed by atoms with E-state index in [0.29, 0.717) is 17.7 Å². The summed E-state index contributed by atoms with van der Waals surface area (Å²) in [6, 6.07) is 33.0. The molecule has 0 aliphatic rings. The fourth-order valence-electron chi connectivity index (χ4n) is 4.20. The molecular weight excluding hydrogens is 490 g/mol. The molecule has 0 saturated heterocycles. The molecule has 0 aliphatic carbocycles. The number of rotatable bonds is 10. The van der Waals surface area contributed by atoms with Crippen LogP contribution in [0.2, 0.25) is 0 Å². The third-order valence-electron chi connectivity index (χ3n) is 6.11. The zero-order valence-corrected chi connectivity index (χ0v) is 21.2. The first-order valence-electron chi connectivity index (χ1n) is 12.5. The van der Waals surface area contributed by atoms with Crippen LogP contribution >= 0.6 is 0 Å². The normalized spacial score (nSPS) is 11.5. The van der Waals surface area contributed by atoms with Crippen molar-refractivity contribution in [2.75, 3.05) is 0 Å². The Kier molecular flexibility index (Phi) is 9.37. The van der Waals surface area contributed by atoms with Crippen molar-refractivity contribution in [3.05, 3.63) is 138 Å². The maximum absolute atomic E-state index is 13.4. The van der Waals surface area contributed by atoms with Crippen LogP contribution in [-0.2, 0) is 27.3 Å². The van der Waals surface area contributed by atoms with Gasteiger partial charge in [-0.3, -0.25) is 19.6 Å². The summed E-state index contributed by atoms with van der Waals surface area (Å²) in [6.45, 7) is 0.305. The lowest BCUT2D eigenvalue weighted by molar-refractivity contribution is -0.129. The van der Waals surface area contributed by atoms with Crippen molar-refractivity contribution in [1.29, 1.82) is 0 Å². The average Bonchev–Trinajstić information content (AvgIpc) is 2.99. The molecular formula is C32H29N3O4. The monoisotopic (exact) mass is 519 g/mol. The first-order chi connectivity index (χ1) is 19.0. The van der Waals surface area contributed by atoms with Gasteiger partial charge in [0, 0.05) is 12.6 Å². The van der Waals surface area contributed by atoms with Crippen molar-refractivity contribution in [3.8, 4) is 11.1 Å². The van der Waals surface area contributed by atoms with Gasteiger partial charge in [-0.05, 0) is 45.5 Å². The van der Waals surface area contributed by atoms with E-state index in [1.807, 2.05) is 84.9 Å². The number of amides is 3. The fraction of sp³-hybridized carbons (Fsp3) is 0.0938. The third-order valence-corrected chi connectivity index (χ3v) is 6.11. The van der Waals surface area contributed by atoms with E-state index in [2.05, 4.69) is 10.6 Å². The highest BCUT2D eigenvalue weighted by Crippen LogP contribution is 2.24. The van der Waals surface area contributed by atoms with Gasteiger partial charge < -0.3 is 10.6 Å². The number of hydrogen-bond donors (Lipinski definition) is 4. The predicted octanol–water partition coefficient (Wildman–Crippen LogP) is 4.59. The molecule has 0 aliphatic heterocycles. The van der Waals surface area contributed by atoms with Crippen LogP contribution in [0.25, 0.3) is 17.2 Å². The molecule has 0 aromatic heterocycles. The third kappa shape index (κ3) is 7.74. The highest BCUT2D eigenvalue weighted by atomic mass is 16.5. The summed E-state index contributed by atoms with van der Waals surface area (Å²) in [5, 5.41) is 14.6. The van der Waals surface area contributed by atoms with Gasteiger partial charge in [-0.15, -0.1) is 0 Å². The minimum Gasteiger partial charge on any atom is -0.350 e. The maximum atomic E-state index is 13.4. The number of benzene rings is 4. The highest BCUT2D eigenvalue weighted by Gasteiger charge is 2.23. The van der Waals surface area contributed by atoms with E-state index in [0.717, 1.165) is 22.3 Å². The molecule has 1 atom stereocenters. The van der Waals surface area contributed by atoms with Crippen LogP contribution in [0.5, 0.6) is 0 Å². The number of carbonyl (C=O) groups is 3. The molecule has 7 heteroatoms. The predicted molar refractivity (Wildman–Crippen MR) is 150 cm³/mol. The summed E-state index contributed by atoms with van der Waals surface area (Å²) >= 11 is 0. The Hall–Kier alpha value is -5.01. The molecule has 0 radical (unpaired) electrons. The zero-order valence-electron chi connectivity index (χ0n) is 21.2. The van der Waals surface area contributed by atoms with Crippen molar-refractivity contribution >= 4 is 23.8 Å². The summed E-state index contributed by atoms with van der Waals surface area (Å²) in [7, 11) is 0. The topological polar surface area (TPSA) is 108 Å². The minimum atomic E-state index is -0.967. The van der Waals surface area contributed by atoms with Gasteiger partial charge in [-0.2, -0.15) is 0 Å². The molecule has 0 fully saturated rings. The van der Waals surface area contributed by atoms with Crippen LogP contribution in [0.1, 0.15) is 28.3 Å². The van der Waals surface area contributed by atoms with Gasteiger partial charge in [0.1, 0.15) is 6.04 Å². The molecule has 0 heterocycles. The Balaban J connectivity index is 1.57. The molecule has 1 unspecified atom stereocenters. The van der Waals surface area contributed by atoms with Gasteiger partial charge in [0.25, 0.3) is 5.91 Å². The molecule has 4 aromatic carbocycles. The summed E-state index contributed by atoms with van der Waals surface area (Å²) in [5.74, 6) is -1.35. The number of hydrogen-bond acceptors (Lipinski definition) is 4. The fourth-order valence-corrected chi connectivity index (χ4v) is 4.20. The van der Waals surface area contributed by atoms with Gasteiger partial charge in [0.15, 0.2) is 0 Å². The molecule has 196 valence electrons. The second kappa shape index (κ2) is 13.5. The van der Waals surface area contributed by atoms with Gasteiger partial charge >= 0.3 is 0 Å². The molecule has 3 amide bonds. The Bertz CT molecular complexity index is 1450. The number of carbonyl (C=O) groups excluding carboxylic acids is 3. The summed E-state index contributed by atoms with van der Waals surface area (Å²) in [5.41, 5.74) is 6.45. The van der Waals surface area contributed by atoms with Crippen LogP contribution < -0.4 is 16.1 Å². The quantitative estimate of drug-likeness (QED) is 0.140. The van der Waals surface area contributed by atoms with Crippen molar-refractivity contribution in [1.82, 2.24) is 16.1 Å². The Morgan fingerprint density at radius 2 is 1.49 bits per heavy atom. The first-order valence-corrected chi connectivity index (χ1v) is 12.5. The molecule has 0 bridgehead atoms. The second-order valence-electron chi connectivity index (χ2n) is 8.88. The lowest BCUT2D eigenvalue weighted by atomic mass is 9.97. The van der Waals surface area contributed by atoms with Gasteiger partial charge in [0.05, 0.1) is 6.42 Å². The molecule has 39 heavy (non-hydrogen) atoms. The van der Waals surface area contributed by atoms with Gasteiger partial charge in [0.2, 0.25) is 11.8 Å². The van der Waals surface area contributed by atoms with Crippen LogP contribution in [0.15, 0.2) is 115 Å². The van der Waals surface area contributed by atoms with Crippen molar-refractivity contribution in [2.24, 2.45) is 0 Å². The number of hydroxylamine groups is 1. The number of nitrogens with one attached hydrogen (secondary N) is 3. The maximum Gasteiger partial charge on any atom is 0.267 e. The molecule has 7 nitrogen and oxygen atoms in total. The Morgan fingerprint density at radius 1 is 0.795 bits per heavy atom. The van der Waals surface area contributed by atoms with Crippen LogP contribution in [0, 0.1) is 0 Å². The largest absolute Gasteiger partial charge is 0.350 e. The van der Waals surface area contributed by atoms with Gasteiger partial charge in [-0.25, -0.2) is 5.48 Å². The molecule has 4 aromatic rings. The van der Waals surface area contributed by atoms with Gasteiger partial charge in [-0.1, -0.05) is 103 Å². The average molecular weight is 520 g/mol. The summed E-state index contributed by atoms with van der Waals surface area (Å²) < 4.78 is 0. The molecule has 0 saturated carbocycles. The lowest BCUT2D eigenvalue weighted by Crippen LogP contribution is -2.40. The van der Waals surface area contributed by atoms with E-state index in [1.165, 1.54) is 12.2 Å². The van der Waals surface area contributed by atoms with Crippen molar-refractivity contribution in [3.63, 3.8) is 0 Å². The smallest absolute Gasteiger partial charge is 0.267 e. The van der Waals surface area contributed by atoms with E-state index < -0.39 is 11.9 Å². The SMILES string of the molecule is O=C(/C=C/c1cccc(C(NC(=O)Cc2ccccc2-c2ccccc2)C(=O)NCc2ccccc2)c1)NO. The van der Waals surface area contributed by atoms with Crippen LogP contribution in [-0.4, -0.2) is 22.9 Å². The van der Waals surface area contributed by atoms with E-state index in [1.54, 1.807) is 29.7 Å². The van der Waals surface area contributed by atoms with E-state index in [9.17, 15) is 14.4 Å². The highest BCUT2D eigenvalue weighted by molar-refractivity contribution is 5.92. The lowest BCUT2D eigenvalue weighted by Gasteiger charge is -2.20. The van der Waals surface area contributed by atoms with E-state index >= 15 is 0 Å². The van der Waals surface area contributed by atoms with E-state index in [4.69, 9.17) is 5.21 Å². The summed E-state index contributed by atoms with van der Waals surface area (Å²) in [4.78, 5) is 38.1. The summed E-state index contributed by atoms with van der Waals surface area (Å²) in [6.07, 6.45) is 2.76. The Morgan fingerprint density at radius 3 is 2.23 bits per heavy atom. The van der Waals surface area contributed by atoms with E-state index in [-0.39, 0.29) is 18.2 Å². The Labute approximate surface area is 227 Å². The standard InChI is InChI=1S/C32H29N3O4/c36-29(35-39)19-18-23-12-9-16-27(20-23)31(32(38)33-22-24-10-3-1-4-11-24)34-30(37)21-26-15-7-8-17-28(26)25-13-5-2-6-14-25/h1-20,31,39H,21-22H2,(H,33,38)(H,34,37)(H,35,36)/b19-18+. The van der Waals surface area contributed by atoms with Crippen LogP contribution in [0.3, 0.4) is 0 Å². The zero-order chi connectivity index (χ0) is 27.5.